The fraction of sp³-hybridized carbons (Fsp3) is 0.778. The van der Waals surface area contributed by atoms with Gasteiger partial charge in [0.1, 0.15) is 12.2 Å². The molecule has 0 aromatic heterocycles. The molecular formula is C9H16O5. The molecule has 0 spiro atoms. The minimum atomic E-state index is -1.05. The lowest BCUT2D eigenvalue weighted by Crippen LogP contribution is -2.50. The molecule has 1 aliphatic heterocycles. The molecule has 0 saturated carbocycles. The van der Waals surface area contributed by atoms with Crippen molar-refractivity contribution in [2.24, 2.45) is 0 Å². The first-order valence-electron chi connectivity index (χ1n) is 4.54. The zero-order valence-corrected chi connectivity index (χ0v) is 7.87. The average Bonchev–Trinajstić information content (AvgIpc) is 2.19. The zero-order chi connectivity index (χ0) is 10.6. The van der Waals surface area contributed by atoms with Gasteiger partial charge in [-0.1, -0.05) is 6.08 Å². The standard InChI is InChI=1S/C9H16O5/c1-2-3-13-8-4-6(11)9(12)7(5-10)14-8/h2,6-12H,1,3-5H2/t6-,7-,8+,9+/m1/s1. The third kappa shape index (κ3) is 2.76. The summed E-state index contributed by atoms with van der Waals surface area (Å²) in [6.07, 6.45) is -1.59. The van der Waals surface area contributed by atoms with Crippen LogP contribution in [0.2, 0.25) is 0 Å². The largest absolute Gasteiger partial charge is 0.394 e. The summed E-state index contributed by atoms with van der Waals surface area (Å²) in [5.74, 6) is 0. The van der Waals surface area contributed by atoms with E-state index in [1.165, 1.54) is 0 Å². The van der Waals surface area contributed by atoms with E-state index in [1.807, 2.05) is 0 Å². The van der Waals surface area contributed by atoms with E-state index in [-0.39, 0.29) is 13.0 Å². The lowest BCUT2D eigenvalue weighted by Gasteiger charge is -2.35. The van der Waals surface area contributed by atoms with Crippen LogP contribution >= 0.6 is 0 Å². The Bertz CT molecular complexity index is 184. The molecule has 4 atom stereocenters. The molecule has 3 N–H and O–H groups in total. The third-order valence-electron chi connectivity index (χ3n) is 2.12. The Kier molecular flexibility index (Phi) is 4.50. The van der Waals surface area contributed by atoms with Crippen molar-refractivity contribution in [3.05, 3.63) is 12.7 Å². The molecule has 1 aliphatic rings. The topological polar surface area (TPSA) is 79.2 Å². The second-order valence-corrected chi connectivity index (χ2v) is 3.20. The molecular weight excluding hydrogens is 188 g/mol. The SMILES string of the molecule is C=CCO[C@@H]1C[C@@H](O)[C@H](O)[C@@H](CO)O1. The first-order chi connectivity index (χ1) is 6.69. The van der Waals surface area contributed by atoms with E-state index < -0.39 is 24.6 Å². The maximum atomic E-state index is 9.40. The maximum Gasteiger partial charge on any atom is 0.161 e. The molecule has 5 heteroatoms. The first-order valence-corrected chi connectivity index (χ1v) is 4.54. The predicted molar refractivity (Wildman–Crippen MR) is 48.5 cm³/mol. The Labute approximate surface area is 82.6 Å². The van der Waals surface area contributed by atoms with Crippen molar-refractivity contribution in [1.82, 2.24) is 0 Å². The highest BCUT2D eigenvalue weighted by Gasteiger charge is 2.36. The molecule has 0 aliphatic carbocycles. The molecule has 0 radical (unpaired) electrons. The Balaban J connectivity index is 2.45. The smallest absolute Gasteiger partial charge is 0.161 e. The number of aliphatic hydroxyl groups is 3. The molecule has 0 amide bonds. The van der Waals surface area contributed by atoms with Crippen LogP contribution in [0.1, 0.15) is 6.42 Å². The normalized spacial score (nSPS) is 38.2. The van der Waals surface area contributed by atoms with E-state index >= 15 is 0 Å². The van der Waals surface area contributed by atoms with Crippen molar-refractivity contribution in [2.75, 3.05) is 13.2 Å². The van der Waals surface area contributed by atoms with Crippen LogP contribution in [0.5, 0.6) is 0 Å². The zero-order valence-electron chi connectivity index (χ0n) is 7.87. The van der Waals surface area contributed by atoms with Crippen LogP contribution in [0, 0.1) is 0 Å². The van der Waals surface area contributed by atoms with Gasteiger partial charge in [0.05, 0.1) is 19.3 Å². The third-order valence-corrected chi connectivity index (χ3v) is 2.12. The van der Waals surface area contributed by atoms with Gasteiger partial charge in [0.2, 0.25) is 0 Å². The van der Waals surface area contributed by atoms with Gasteiger partial charge < -0.3 is 24.8 Å². The van der Waals surface area contributed by atoms with E-state index in [4.69, 9.17) is 14.6 Å². The maximum absolute atomic E-state index is 9.40. The van der Waals surface area contributed by atoms with Gasteiger partial charge in [0, 0.05) is 6.42 Å². The fourth-order valence-corrected chi connectivity index (χ4v) is 1.35. The molecule has 14 heavy (non-hydrogen) atoms. The van der Waals surface area contributed by atoms with Crippen LogP contribution in [-0.4, -0.2) is 53.1 Å². The minimum Gasteiger partial charge on any atom is -0.394 e. The molecule has 0 unspecified atom stereocenters. The summed E-state index contributed by atoms with van der Waals surface area (Å²) in [4.78, 5) is 0. The minimum absolute atomic E-state index is 0.200. The summed E-state index contributed by atoms with van der Waals surface area (Å²) < 4.78 is 10.4. The van der Waals surface area contributed by atoms with Crippen LogP contribution in [-0.2, 0) is 9.47 Å². The van der Waals surface area contributed by atoms with Crippen LogP contribution < -0.4 is 0 Å². The number of hydrogen-bond donors (Lipinski definition) is 3. The molecule has 82 valence electrons. The van der Waals surface area contributed by atoms with Crippen LogP contribution in [0.15, 0.2) is 12.7 Å². The lowest BCUT2D eigenvalue weighted by atomic mass is 10.0. The van der Waals surface area contributed by atoms with Crippen molar-refractivity contribution in [2.45, 2.75) is 31.0 Å². The molecule has 0 aromatic rings. The number of ether oxygens (including phenoxy) is 2. The highest BCUT2D eigenvalue weighted by molar-refractivity contribution is 4.82. The van der Waals surface area contributed by atoms with E-state index in [9.17, 15) is 10.2 Å². The number of rotatable bonds is 4. The second-order valence-electron chi connectivity index (χ2n) is 3.20. The predicted octanol–water partition coefficient (Wildman–Crippen LogP) is -0.982. The van der Waals surface area contributed by atoms with Crippen LogP contribution in [0.4, 0.5) is 0 Å². The van der Waals surface area contributed by atoms with Gasteiger partial charge in [-0.15, -0.1) is 6.58 Å². The Morgan fingerprint density at radius 2 is 2.21 bits per heavy atom. The molecule has 5 nitrogen and oxygen atoms in total. The van der Waals surface area contributed by atoms with Crippen LogP contribution in [0.3, 0.4) is 0 Å². The first kappa shape index (κ1) is 11.6. The summed E-state index contributed by atoms with van der Waals surface area (Å²) in [5, 5.41) is 27.6. The van der Waals surface area contributed by atoms with E-state index in [2.05, 4.69) is 6.58 Å². The van der Waals surface area contributed by atoms with Crippen molar-refractivity contribution < 1.29 is 24.8 Å². The van der Waals surface area contributed by atoms with Gasteiger partial charge >= 0.3 is 0 Å². The van der Waals surface area contributed by atoms with Crippen LogP contribution in [0.25, 0.3) is 0 Å². The van der Waals surface area contributed by atoms with Crippen molar-refractivity contribution in [3.8, 4) is 0 Å². The van der Waals surface area contributed by atoms with E-state index in [0.29, 0.717) is 6.61 Å². The molecule has 0 aromatic carbocycles. The van der Waals surface area contributed by atoms with Gasteiger partial charge in [0.25, 0.3) is 0 Å². The van der Waals surface area contributed by atoms with Crippen molar-refractivity contribution in [1.29, 1.82) is 0 Å². The summed E-state index contributed by atoms with van der Waals surface area (Å²) in [6, 6.07) is 0. The number of aliphatic hydroxyl groups excluding tert-OH is 3. The average molecular weight is 204 g/mol. The fourth-order valence-electron chi connectivity index (χ4n) is 1.35. The van der Waals surface area contributed by atoms with Gasteiger partial charge in [-0.25, -0.2) is 0 Å². The monoisotopic (exact) mass is 204 g/mol. The quantitative estimate of drug-likeness (QED) is 0.513. The second kappa shape index (κ2) is 5.43. The highest BCUT2D eigenvalue weighted by atomic mass is 16.7. The number of hydrogen-bond acceptors (Lipinski definition) is 5. The Hall–Kier alpha value is -0.460. The summed E-state index contributed by atoms with van der Waals surface area (Å²) in [7, 11) is 0. The summed E-state index contributed by atoms with van der Waals surface area (Å²) in [6.45, 7) is 3.45. The van der Waals surface area contributed by atoms with Gasteiger partial charge in [-0.05, 0) is 0 Å². The molecule has 1 saturated heterocycles. The Morgan fingerprint density at radius 1 is 1.50 bits per heavy atom. The molecule has 1 heterocycles. The van der Waals surface area contributed by atoms with Gasteiger partial charge in [0.15, 0.2) is 6.29 Å². The molecule has 1 fully saturated rings. The molecule has 0 bridgehead atoms. The summed E-state index contributed by atoms with van der Waals surface area (Å²) in [5.41, 5.74) is 0. The lowest BCUT2D eigenvalue weighted by molar-refractivity contribution is -0.253. The van der Waals surface area contributed by atoms with Gasteiger partial charge in [-0.2, -0.15) is 0 Å². The molecule has 1 rings (SSSR count). The Morgan fingerprint density at radius 3 is 2.79 bits per heavy atom. The van der Waals surface area contributed by atoms with E-state index in [0.717, 1.165) is 0 Å². The summed E-state index contributed by atoms with van der Waals surface area (Å²) >= 11 is 0. The highest BCUT2D eigenvalue weighted by Crippen LogP contribution is 2.20. The van der Waals surface area contributed by atoms with Crippen molar-refractivity contribution in [3.63, 3.8) is 0 Å². The van der Waals surface area contributed by atoms with E-state index in [1.54, 1.807) is 6.08 Å². The van der Waals surface area contributed by atoms with Gasteiger partial charge in [-0.3, -0.25) is 0 Å². The van der Waals surface area contributed by atoms with Crippen molar-refractivity contribution >= 4 is 0 Å².